The molecule has 0 atom stereocenters. The van der Waals surface area contributed by atoms with E-state index in [9.17, 15) is 0 Å². The number of anilines is 1. The van der Waals surface area contributed by atoms with E-state index in [0.29, 0.717) is 0 Å². The van der Waals surface area contributed by atoms with E-state index in [4.69, 9.17) is 0 Å². The van der Waals surface area contributed by atoms with Crippen LogP contribution in [-0.2, 0) is 0 Å². The molecule has 4 aromatic carbocycles. The molecule has 0 spiro atoms. The minimum atomic E-state index is 0.875. The molecule has 2 heteroatoms. The second-order valence-corrected chi connectivity index (χ2v) is 7.80. The molecule has 29 heavy (non-hydrogen) atoms. The van der Waals surface area contributed by atoms with Crippen LogP contribution in [0.2, 0.25) is 0 Å². The number of fused-ring (bicyclic) bond motifs is 6. The zero-order valence-corrected chi connectivity index (χ0v) is 15.8. The van der Waals surface area contributed by atoms with Gasteiger partial charge in [-0.15, -0.1) is 0 Å². The van der Waals surface area contributed by atoms with Gasteiger partial charge in [0.25, 0.3) is 0 Å². The van der Waals surface area contributed by atoms with Crippen LogP contribution in [0.25, 0.3) is 55.7 Å². The molecular weight excluding hydrogens is 352 g/mol. The Morgan fingerprint density at radius 1 is 0.655 bits per heavy atom. The van der Waals surface area contributed by atoms with E-state index < -0.39 is 0 Å². The standard InChI is InChI=1S/C27H18N2/c1-2-8-18-17(7-1)19-10-5-11-21-24(15-14-20(18)26(19)21)29-23-12-4-3-9-22(23)27-25(29)13-6-16-28-27/h1-15,28H,16H2. The molecule has 0 radical (unpaired) electrons. The monoisotopic (exact) mass is 370 g/mol. The maximum Gasteiger partial charge on any atom is 0.0698 e. The molecule has 0 saturated carbocycles. The van der Waals surface area contributed by atoms with Gasteiger partial charge in [0.15, 0.2) is 0 Å². The van der Waals surface area contributed by atoms with Crippen molar-refractivity contribution in [2.45, 2.75) is 0 Å². The summed E-state index contributed by atoms with van der Waals surface area (Å²) in [5, 5.41) is 7.53. The van der Waals surface area contributed by atoms with Crippen LogP contribution in [0.15, 0.2) is 84.9 Å². The first-order valence-electron chi connectivity index (χ1n) is 10.1. The number of nitrogens with zero attached hydrogens (tertiary/aromatic N) is 1. The molecule has 0 fully saturated rings. The number of benzene rings is 4. The number of rotatable bonds is 1. The number of hydrogen-bond acceptors (Lipinski definition) is 1. The largest absolute Gasteiger partial charge is 0.379 e. The normalized spacial score (nSPS) is 13.5. The highest BCUT2D eigenvalue weighted by Gasteiger charge is 2.24. The van der Waals surface area contributed by atoms with Crippen LogP contribution in [-0.4, -0.2) is 11.1 Å². The van der Waals surface area contributed by atoms with E-state index in [-0.39, 0.29) is 0 Å². The molecule has 0 saturated heterocycles. The molecule has 2 nitrogen and oxygen atoms in total. The molecule has 5 aromatic rings. The lowest BCUT2D eigenvalue weighted by molar-refractivity contribution is 1.11. The fourth-order valence-corrected chi connectivity index (χ4v) is 5.18. The highest BCUT2D eigenvalue weighted by molar-refractivity contribution is 6.17. The van der Waals surface area contributed by atoms with E-state index in [1.54, 1.807) is 0 Å². The van der Waals surface area contributed by atoms with Gasteiger partial charge in [0, 0.05) is 17.3 Å². The molecule has 1 aliphatic heterocycles. The van der Waals surface area contributed by atoms with Crippen LogP contribution < -0.4 is 5.32 Å². The molecular formula is C27H18N2. The first-order chi connectivity index (χ1) is 14.4. The van der Waals surface area contributed by atoms with E-state index in [0.717, 1.165) is 6.54 Å². The Balaban J connectivity index is 1.63. The lowest BCUT2D eigenvalue weighted by Gasteiger charge is -2.16. The minimum absolute atomic E-state index is 0.875. The fraction of sp³-hybridized carbons (Fsp3) is 0.0370. The first-order valence-corrected chi connectivity index (χ1v) is 10.1. The van der Waals surface area contributed by atoms with Crippen LogP contribution in [0.3, 0.4) is 0 Å². The van der Waals surface area contributed by atoms with E-state index in [1.807, 2.05) is 0 Å². The Bertz CT molecular complexity index is 1470. The quantitative estimate of drug-likeness (QED) is 0.334. The van der Waals surface area contributed by atoms with Crippen LogP contribution in [0.1, 0.15) is 5.69 Å². The van der Waals surface area contributed by atoms with Crippen molar-refractivity contribution in [2.24, 2.45) is 0 Å². The summed E-state index contributed by atoms with van der Waals surface area (Å²) < 4.78 is 2.42. The zero-order valence-electron chi connectivity index (χ0n) is 15.8. The molecule has 2 aliphatic rings. The highest BCUT2D eigenvalue weighted by Crippen LogP contribution is 2.49. The third-order valence-electron chi connectivity index (χ3n) is 6.35. The zero-order chi connectivity index (χ0) is 18.9. The second kappa shape index (κ2) is 5.39. The van der Waals surface area contributed by atoms with Gasteiger partial charge < -0.3 is 9.88 Å². The summed E-state index contributed by atoms with van der Waals surface area (Å²) in [6.45, 7) is 0.875. The predicted octanol–water partition coefficient (Wildman–Crippen LogP) is 6.87. The van der Waals surface area contributed by atoms with Crippen molar-refractivity contribution in [2.75, 3.05) is 11.9 Å². The van der Waals surface area contributed by atoms with Crippen molar-refractivity contribution in [1.29, 1.82) is 0 Å². The van der Waals surface area contributed by atoms with Gasteiger partial charge in [-0.05, 0) is 45.8 Å². The summed E-state index contributed by atoms with van der Waals surface area (Å²) in [5.74, 6) is 0. The summed E-state index contributed by atoms with van der Waals surface area (Å²) >= 11 is 0. The van der Waals surface area contributed by atoms with Crippen molar-refractivity contribution in [3.05, 3.63) is 90.6 Å². The van der Waals surface area contributed by atoms with Gasteiger partial charge in [-0.3, -0.25) is 0 Å². The van der Waals surface area contributed by atoms with Crippen molar-refractivity contribution < 1.29 is 0 Å². The SMILES string of the molecule is C1=Cc2c(c3ccccc3n2-c2ccc3c4c(cccc24)-c2ccccc2-3)NC1. The maximum absolute atomic E-state index is 3.59. The first kappa shape index (κ1) is 15.2. The lowest BCUT2D eigenvalue weighted by Crippen LogP contribution is -2.06. The van der Waals surface area contributed by atoms with Crippen LogP contribution >= 0.6 is 0 Å². The summed E-state index contributed by atoms with van der Waals surface area (Å²) in [6.07, 6.45) is 4.46. The molecule has 0 unspecified atom stereocenters. The second-order valence-electron chi connectivity index (χ2n) is 7.80. The summed E-state index contributed by atoms with van der Waals surface area (Å²) in [4.78, 5) is 0. The Kier molecular flexibility index (Phi) is 2.82. The summed E-state index contributed by atoms with van der Waals surface area (Å²) in [6, 6.07) is 28.7. The van der Waals surface area contributed by atoms with Crippen molar-refractivity contribution in [3.8, 4) is 27.9 Å². The third-order valence-corrected chi connectivity index (χ3v) is 6.35. The number of hydrogen-bond donors (Lipinski definition) is 1. The average Bonchev–Trinajstić information content (AvgIpc) is 3.29. The Hall–Kier alpha value is -3.78. The maximum atomic E-state index is 3.59. The van der Waals surface area contributed by atoms with Gasteiger partial charge in [0.1, 0.15) is 0 Å². The topological polar surface area (TPSA) is 17.0 Å². The van der Waals surface area contributed by atoms with Gasteiger partial charge in [-0.1, -0.05) is 72.8 Å². The van der Waals surface area contributed by atoms with Gasteiger partial charge >= 0.3 is 0 Å². The van der Waals surface area contributed by atoms with Crippen molar-refractivity contribution in [3.63, 3.8) is 0 Å². The molecule has 0 bridgehead atoms. The Labute approximate surface area is 168 Å². The summed E-state index contributed by atoms with van der Waals surface area (Å²) in [5.41, 5.74) is 10.3. The third kappa shape index (κ3) is 1.86. The van der Waals surface area contributed by atoms with Crippen LogP contribution in [0, 0.1) is 0 Å². The molecule has 136 valence electrons. The fourth-order valence-electron chi connectivity index (χ4n) is 5.18. The number of nitrogens with one attached hydrogen (secondary N) is 1. The van der Waals surface area contributed by atoms with Gasteiger partial charge in [0.05, 0.1) is 22.6 Å². The molecule has 0 amide bonds. The molecule has 1 aromatic heterocycles. The smallest absolute Gasteiger partial charge is 0.0698 e. The van der Waals surface area contributed by atoms with Crippen molar-refractivity contribution in [1.82, 2.24) is 4.57 Å². The molecule has 1 N–H and O–H groups in total. The Morgan fingerprint density at radius 2 is 1.38 bits per heavy atom. The number of para-hydroxylation sites is 1. The van der Waals surface area contributed by atoms with Gasteiger partial charge in [-0.25, -0.2) is 0 Å². The predicted molar refractivity (Wildman–Crippen MR) is 123 cm³/mol. The molecule has 1 aliphatic carbocycles. The van der Waals surface area contributed by atoms with Crippen molar-refractivity contribution >= 4 is 33.4 Å². The Morgan fingerprint density at radius 3 is 2.28 bits per heavy atom. The van der Waals surface area contributed by atoms with E-state index in [1.165, 1.54) is 61.0 Å². The highest BCUT2D eigenvalue weighted by atomic mass is 15.0. The van der Waals surface area contributed by atoms with Crippen LogP contribution in [0.5, 0.6) is 0 Å². The minimum Gasteiger partial charge on any atom is -0.379 e. The van der Waals surface area contributed by atoms with Crippen LogP contribution in [0.4, 0.5) is 5.69 Å². The number of aromatic nitrogens is 1. The molecule has 2 heterocycles. The van der Waals surface area contributed by atoms with Gasteiger partial charge in [0.2, 0.25) is 0 Å². The summed E-state index contributed by atoms with van der Waals surface area (Å²) in [7, 11) is 0. The van der Waals surface area contributed by atoms with E-state index >= 15 is 0 Å². The van der Waals surface area contributed by atoms with E-state index in [2.05, 4.69) is 101 Å². The lowest BCUT2D eigenvalue weighted by atomic mass is 10.0. The molecule has 7 rings (SSSR count). The average molecular weight is 370 g/mol. The van der Waals surface area contributed by atoms with Gasteiger partial charge in [-0.2, -0.15) is 0 Å².